The largest absolute Gasteiger partial charge is 0.463 e. The van der Waals surface area contributed by atoms with Gasteiger partial charge in [-0.05, 0) is 36.5 Å². The number of nitrogens with one attached hydrogen (secondary N) is 1. The molecule has 0 unspecified atom stereocenters. The second kappa shape index (κ2) is 12.5. The Hall–Kier alpha value is -1.83. The molecule has 2 aromatic rings. The Balaban J connectivity index is 0.00000139. The normalized spacial score (nSPS) is 12.4. The van der Waals surface area contributed by atoms with Gasteiger partial charge in [0.25, 0.3) is 0 Å². The summed E-state index contributed by atoms with van der Waals surface area (Å²) in [5, 5.41) is 3.28. The van der Waals surface area contributed by atoms with Gasteiger partial charge in [-0.1, -0.05) is 38.5 Å². The number of ether oxygens (including phenoxy) is 1. The van der Waals surface area contributed by atoms with Crippen molar-refractivity contribution in [3.8, 4) is 6.01 Å². The Labute approximate surface area is 155 Å². The second-order valence-electron chi connectivity index (χ2n) is 5.31. The molecule has 7 heteroatoms. The van der Waals surface area contributed by atoms with Crippen molar-refractivity contribution in [1.82, 2.24) is 9.97 Å². The van der Waals surface area contributed by atoms with Crippen molar-refractivity contribution in [1.29, 1.82) is 0 Å². The van der Waals surface area contributed by atoms with Crippen molar-refractivity contribution in [3.05, 3.63) is 42.1 Å². The van der Waals surface area contributed by atoms with E-state index in [1.807, 2.05) is 44.2 Å². The number of rotatable bonds is 6. The average molecular weight is 368 g/mol. The summed E-state index contributed by atoms with van der Waals surface area (Å²) < 4.78 is 5.65. The third-order valence-electron chi connectivity index (χ3n) is 3.76. The highest BCUT2D eigenvalue weighted by Crippen LogP contribution is 2.26. The Morgan fingerprint density at radius 3 is 2.52 bits per heavy atom. The number of thiol groups is 1. The lowest BCUT2D eigenvalue weighted by atomic mass is 9.86. The van der Waals surface area contributed by atoms with Crippen molar-refractivity contribution < 1.29 is 15.7 Å². The first kappa shape index (κ1) is 23.2. The van der Waals surface area contributed by atoms with Crippen LogP contribution in [0.3, 0.4) is 0 Å². The lowest BCUT2D eigenvalue weighted by Crippen LogP contribution is -2.20. The molecule has 0 saturated heterocycles. The maximum Gasteiger partial charge on any atom is 0.318 e. The van der Waals surface area contributed by atoms with Crippen LogP contribution in [0.15, 0.2) is 41.4 Å². The first-order valence-corrected chi connectivity index (χ1v) is 8.72. The van der Waals surface area contributed by atoms with E-state index in [0.29, 0.717) is 18.5 Å². The molecule has 0 aliphatic heterocycles. The molecule has 1 heterocycles. The summed E-state index contributed by atoms with van der Waals surface area (Å²) >= 11 is 4.44. The van der Waals surface area contributed by atoms with E-state index >= 15 is 0 Å². The Kier molecular flexibility index (Phi) is 11.6. The number of hydrogen-bond donors (Lipinski definition) is 2. The SMILES string of the molecule is CC.O.O.Sc1ccccc1CNc1ccnc(OCC2CCC2)n1. The Morgan fingerprint density at radius 2 is 1.88 bits per heavy atom. The summed E-state index contributed by atoms with van der Waals surface area (Å²) in [4.78, 5) is 9.51. The lowest BCUT2D eigenvalue weighted by molar-refractivity contribution is 0.170. The first-order chi connectivity index (χ1) is 11.3. The highest BCUT2D eigenvalue weighted by molar-refractivity contribution is 7.80. The average Bonchev–Trinajstić information content (AvgIpc) is 2.55. The van der Waals surface area contributed by atoms with Gasteiger partial charge in [0.2, 0.25) is 0 Å². The van der Waals surface area contributed by atoms with E-state index in [9.17, 15) is 0 Å². The standard InChI is InChI=1S/C16H19N3OS.C2H6.2H2O/c21-14-7-2-1-6-13(14)10-18-15-8-9-17-16(19-15)20-11-12-4-3-5-12;1-2;;/h1-2,6-9,12,21H,3-5,10-11H2,(H,17,18,19);1-2H3;2*1H2. The first-order valence-electron chi connectivity index (χ1n) is 8.28. The van der Waals surface area contributed by atoms with Crippen LogP contribution >= 0.6 is 12.6 Å². The van der Waals surface area contributed by atoms with Gasteiger partial charge < -0.3 is 21.0 Å². The van der Waals surface area contributed by atoms with E-state index in [-0.39, 0.29) is 11.0 Å². The zero-order valence-electron chi connectivity index (χ0n) is 14.8. The van der Waals surface area contributed by atoms with Crippen molar-refractivity contribution in [2.45, 2.75) is 44.6 Å². The summed E-state index contributed by atoms with van der Waals surface area (Å²) in [7, 11) is 0. The minimum atomic E-state index is 0. The molecule has 1 aromatic carbocycles. The summed E-state index contributed by atoms with van der Waals surface area (Å²) in [6.45, 7) is 5.40. The Morgan fingerprint density at radius 1 is 1.16 bits per heavy atom. The molecule has 25 heavy (non-hydrogen) atoms. The maximum atomic E-state index is 5.65. The van der Waals surface area contributed by atoms with Crippen LogP contribution in [0.4, 0.5) is 5.82 Å². The van der Waals surface area contributed by atoms with Crippen LogP contribution in [-0.2, 0) is 6.54 Å². The number of nitrogens with zero attached hydrogens (tertiary/aromatic N) is 2. The van der Waals surface area contributed by atoms with Crippen LogP contribution in [0.5, 0.6) is 6.01 Å². The summed E-state index contributed by atoms with van der Waals surface area (Å²) in [6, 6.07) is 10.3. The van der Waals surface area contributed by atoms with Crippen LogP contribution < -0.4 is 10.1 Å². The third-order valence-corrected chi connectivity index (χ3v) is 4.19. The van der Waals surface area contributed by atoms with Crippen LogP contribution in [0.2, 0.25) is 0 Å². The predicted octanol–water partition coefficient (Wildman–Crippen LogP) is 2.93. The van der Waals surface area contributed by atoms with Gasteiger partial charge >= 0.3 is 6.01 Å². The summed E-state index contributed by atoms with van der Waals surface area (Å²) in [5.74, 6) is 1.45. The van der Waals surface area contributed by atoms with Crippen LogP contribution in [-0.4, -0.2) is 27.5 Å². The van der Waals surface area contributed by atoms with E-state index in [2.05, 4.69) is 27.9 Å². The van der Waals surface area contributed by atoms with Gasteiger partial charge in [-0.25, -0.2) is 4.98 Å². The minimum Gasteiger partial charge on any atom is -0.463 e. The molecule has 0 atom stereocenters. The van der Waals surface area contributed by atoms with Gasteiger partial charge in [0.05, 0.1) is 6.61 Å². The monoisotopic (exact) mass is 367 g/mol. The topological polar surface area (TPSA) is 110 Å². The molecule has 140 valence electrons. The third kappa shape index (κ3) is 7.29. The quantitative estimate of drug-likeness (QED) is 0.765. The number of aromatic nitrogens is 2. The number of anilines is 1. The lowest BCUT2D eigenvalue weighted by Gasteiger charge is -2.24. The predicted molar refractivity (Wildman–Crippen MR) is 104 cm³/mol. The van der Waals surface area contributed by atoms with Crippen LogP contribution in [0, 0.1) is 5.92 Å². The molecule has 1 aliphatic rings. The fraction of sp³-hybridized carbons (Fsp3) is 0.444. The highest BCUT2D eigenvalue weighted by Gasteiger charge is 2.18. The van der Waals surface area contributed by atoms with Crippen molar-refractivity contribution >= 4 is 18.4 Å². The molecule has 1 saturated carbocycles. The minimum absolute atomic E-state index is 0. The highest BCUT2D eigenvalue weighted by atomic mass is 32.1. The fourth-order valence-electron chi connectivity index (χ4n) is 2.21. The molecule has 0 radical (unpaired) electrons. The number of hydrogen-bond acceptors (Lipinski definition) is 5. The molecule has 0 amide bonds. The summed E-state index contributed by atoms with van der Waals surface area (Å²) in [5.41, 5.74) is 1.14. The zero-order valence-corrected chi connectivity index (χ0v) is 15.7. The molecular formula is C18H29N3O3S. The van der Waals surface area contributed by atoms with Gasteiger partial charge in [-0.3, -0.25) is 0 Å². The molecule has 1 aromatic heterocycles. The molecule has 1 fully saturated rings. The fourth-order valence-corrected chi connectivity index (χ4v) is 2.45. The van der Waals surface area contributed by atoms with E-state index in [4.69, 9.17) is 4.74 Å². The number of benzene rings is 1. The smallest absolute Gasteiger partial charge is 0.318 e. The molecule has 6 nitrogen and oxygen atoms in total. The van der Waals surface area contributed by atoms with E-state index in [0.717, 1.165) is 22.9 Å². The van der Waals surface area contributed by atoms with Crippen LogP contribution in [0.25, 0.3) is 0 Å². The molecule has 3 rings (SSSR count). The molecule has 1 aliphatic carbocycles. The summed E-state index contributed by atoms with van der Waals surface area (Å²) in [6.07, 6.45) is 5.56. The zero-order chi connectivity index (χ0) is 16.5. The van der Waals surface area contributed by atoms with Crippen molar-refractivity contribution in [2.24, 2.45) is 5.92 Å². The van der Waals surface area contributed by atoms with E-state index in [1.54, 1.807) is 6.20 Å². The Bertz CT molecular complexity index is 610. The van der Waals surface area contributed by atoms with Gasteiger partial charge in [-0.2, -0.15) is 4.98 Å². The van der Waals surface area contributed by atoms with Crippen LogP contribution in [0.1, 0.15) is 38.7 Å². The van der Waals surface area contributed by atoms with E-state index < -0.39 is 0 Å². The van der Waals surface area contributed by atoms with Crippen molar-refractivity contribution in [3.63, 3.8) is 0 Å². The molecule has 0 spiro atoms. The molecular weight excluding hydrogens is 338 g/mol. The van der Waals surface area contributed by atoms with Gasteiger partial charge in [0.15, 0.2) is 0 Å². The van der Waals surface area contributed by atoms with E-state index in [1.165, 1.54) is 19.3 Å². The van der Waals surface area contributed by atoms with Gasteiger partial charge in [0.1, 0.15) is 5.82 Å². The van der Waals surface area contributed by atoms with Crippen molar-refractivity contribution in [2.75, 3.05) is 11.9 Å². The maximum absolute atomic E-state index is 5.65. The molecule has 5 N–H and O–H groups in total. The molecule has 0 bridgehead atoms. The van der Waals surface area contributed by atoms with Gasteiger partial charge in [0, 0.05) is 17.6 Å². The second-order valence-corrected chi connectivity index (χ2v) is 5.80. The van der Waals surface area contributed by atoms with Gasteiger partial charge in [-0.15, -0.1) is 12.6 Å².